The highest BCUT2D eigenvalue weighted by atomic mass is 16.8. The van der Waals surface area contributed by atoms with Crippen LogP contribution in [0.5, 0.6) is 0 Å². The molecule has 0 aromatic carbocycles. The largest absolute Gasteiger partial charge is 0.431 e. The number of carbonyl (C=O) groups is 1. The molecule has 0 aromatic rings. The first-order chi connectivity index (χ1) is 5.73. The second-order valence-corrected chi connectivity index (χ2v) is 4.98. The predicted octanol–water partition coefficient (Wildman–Crippen LogP) is 2.10. The van der Waals surface area contributed by atoms with Crippen molar-refractivity contribution in [1.82, 2.24) is 0 Å². The van der Waals surface area contributed by atoms with Gasteiger partial charge in [-0.3, -0.25) is 4.79 Å². The molecular weight excluding hydrogens is 168 g/mol. The van der Waals surface area contributed by atoms with Gasteiger partial charge in [-0.15, -0.1) is 0 Å². The first-order valence-electron chi connectivity index (χ1n) is 4.60. The fourth-order valence-electron chi connectivity index (χ4n) is 1.41. The van der Waals surface area contributed by atoms with Gasteiger partial charge in [0.2, 0.25) is 5.79 Å². The minimum absolute atomic E-state index is 0.0661. The summed E-state index contributed by atoms with van der Waals surface area (Å²) < 4.78 is 10.4. The molecule has 3 nitrogen and oxygen atoms in total. The van der Waals surface area contributed by atoms with Gasteiger partial charge in [-0.25, -0.2) is 0 Å². The molecule has 0 spiro atoms. The lowest BCUT2D eigenvalue weighted by molar-refractivity contribution is -0.154. The molecule has 1 aliphatic rings. The van der Waals surface area contributed by atoms with Gasteiger partial charge in [-0.2, -0.15) is 0 Å². The molecule has 13 heavy (non-hydrogen) atoms. The zero-order chi connectivity index (χ0) is 10.3. The van der Waals surface area contributed by atoms with E-state index in [0.717, 1.165) is 6.42 Å². The fraction of sp³-hybridized carbons (Fsp3) is 0.900. The van der Waals surface area contributed by atoms with Gasteiger partial charge in [-0.1, -0.05) is 20.8 Å². The smallest absolute Gasteiger partial charge is 0.305 e. The Bertz CT molecular complexity index is 217. The second-order valence-electron chi connectivity index (χ2n) is 4.98. The van der Waals surface area contributed by atoms with E-state index in [-0.39, 0.29) is 17.5 Å². The maximum atomic E-state index is 10.7. The Labute approximate surface area is 79.4 Å². The standard InChI is InChI=1S/C10H18O3/c1-7(11)12-10(5)8(13-10)6-9(2,3)4/h8H,6H2,1-5H3. The van der Waals surface area contributed by atoms with Crippen LogP contribution in [-0.4, -0.2) is 17.9 Å². The number of carbonyl (C=O) groups excluding carboxylic acids is 1. The van der Waals surface area contributed by atoms with Crippen molar-refractivity contribution in [2.75, 3.05) is 0 Å². The van der Waals surface area contributed by atoms with Crippen LogP contribution < -0.4 is 0 Å². The van der Waals surface area contributed by atoms with E-state index in [9.17, 15) is 4.79 Å². The maximum absolute atomic E-state index is 10.7. The van der Waals surface area contributed by atoms with Crippen molar-refractivity contribution in [2.24, 2.45) is 5.41 Å². The van der Waals surface area contributed by atoms with Crippen molar-refractivity contribution in [3.05, 3.63) is 0 Å². The van der Waals surface area contributed by atoms with E-state index in [2.05, 4.69) is 20.8 Å². The van der Waals surface area contributed by atoms with Crippen molar-refractivity contribution in [3.63, 3.8) is 0 Å². The first kappa shape index (κ1) is 10.5. The predicted molar refractivity (Wildman–Crippen MR) is 49.1 cm³/mol. The van der Waals surface area contributed by atoms with Crippen LogP contribution in [0.4, 0.5) is 0 Å². The molecule has 0 amide bonds. The lowest BCUT2D eigenvalue weighted by atomic mass is 9.89. The molecule has 0 N–H and O–H groups in total. The maximum Gasteiger partial charge on any atom is 0.305 e. The van der Waals surface area contributed by atoms with E-state index in [4.69, 9.17) is 9.47 Å². The fourth-order valence-corrected chi connectivity index (χ4v) is 1.41. The Morgan fingerprint density at radius 1 is 1.54 bits per heavy atom. The highest BCUT2D eigenvalue weighted by Gasteiger charge is 2.56. The molecule has 2 unspecified atom stereocenters. The van der Waals surface area contributed by atoms with Gasteiger partial charge >= 0.3 is 5.97 Å². The topological polar surface area (TPSA) is 38.8 Å². The van der Waals surface area contributed by atoms with Gasteiger partial charge in [0.15, 0.2) is 0 Å². The number of ether oxygens (including phenoxy) is 2. The minimum Gasteiger partial charge on any atom is -0.431 e. The van der Waals surface area contributed by atoms with E-state index in [0.29, 0.717) is 0 Å². The summed E-state index contributed by atoms with van der Waals surface area (Å²) in [5.41, 5.74) is 0.211. The molecule has 0 aromatic heterocycles. The highest BCUT2D eigenvalue weighted by Crippen LogP contribution is 2.43. The van der Waals surface area contributed by atoms with Crippen LogP contribution in [0, 0.1) is 5.41 Å². The van der Waals surface area contributed by atoms with Crippen molar-refractivity contribution in [3.8, 4) is 0 Å². The van der Waals surface area contributed by atoms with Crippen LogP contribution in [0.2, 0.25) is 0 Å². The normalized spacial score (nSPS) is 32.8. The molecule has 0 saturated carbocycles. The summed E-state index contributed by atoms with van der Waals surface area (Å²) in [5, 5.41) is 0. The molecular formula is C10H18O3. The molecule has 1 fully saturated rings. The molecule has 3 heteroatoms. The summed E-state index contributed by atoms with van der Waals surface area (Å²) in [4.78, 5) is 10.7. The van der Waals surface area contributed by atoms with Crippen LogP contribution in [0.1, 0.15) is 41.0 Å². The lowest BCUT2D eigenvalue weighted by Gasteiger charge is -2.16. The molecule has 76 valence electrons. The average molecular weight is 186 g/mol. The molecule has 2 atom stereocenters. The molecule has 0 bridgehead atoms. The molecule has 1 aliphatic heterocycles. The van der Waals surface area contributed by atoms with Gasteiger partial charge in [-0.05, 0) is 11.8 Å². The zero-order valence-electron chi connectivity index (χ0n) is 9.01. The van der Waals surface area contributed by atoms with E-state index in [1.165, 1.54) is 6.92 Å². The van der Waals surface area contributed by atoms with Crippen molar-refractivity contribution >= 4 is 5.97 Å². The summed E-state index contributed by atoms with van der Waals surface area (Å²) in [6, 6.07) is 0. The summed E-state index contributed by atoms with van der Waals surface area (Å²) in [5.74, 6) is -0.932. The molecule has 1 heterocycles. The number of esters is 1. The van der Waals surface area contributed by atoms with E-state index in [1.54, 1.807) is 0 Å². The number of hydrogen-bond donors (Lipinski definition) is 0. The van der Waals surface area contributed by atoms with Gasteiger partial charge in [0.05, 0.1) is 0 Å². The third kappa shape index (κ3) is 2.99. The van der Waals surface area contributed by atoms with Crippen LogP contribution in [0.25, 0.3) is 0 Å². The first-order valence-corrected chi connectivity index (χ1v) is 4.60. The summed E-state index contributed by atoms with van der Waals surface area (Å²) in [6.45, 7) is 9.64. The third-order valence-corrected chi connectivity index (χ3v) is 2.05. The number of hydrogen-bond acceptors (Lipinski definition) is 3. The zero-order valence-corrected chi connectivity index (χ0v) is 9.01. The second kappa shape index (κ2) is 2.98. The Kier molecular flexibility index (Phi) is 2.41. The lowest BCUT2D eigenvalue weighted by Crippen LogP contribution is -2.21. The number of rotatable bonds is 2. The summed E-state index contributed by atoms with van der Waals surface area (Å²) in [6.07, 6.45) is 0.980. The Balaban J connectivity index is 2.40. The van der Waals surface area contributed by atoms with Crippen molar-refractivity contribution in [1.29, 1.82) is 0 Å². The number of epoxide rings is 1. The molecule has 1 rings (SSSR count). The quantitative estimate of drug-likeness (QED) is 0.489. The highest BCUT2D eigenvalue weighted by molar-refractivity contribution is 5.66. The van der Waals surface area contributed by atoms with Gasteiger partial charge in [0.25, 0.3) is 0 Å². The van der Waals surface area contributed by atoms with Gasteiger partial charge in [0.1, 0.15) is 6.10 Å². The Hall–Kier alpha value is -0.570. The van der Waals surface area contributed by atoms with E-state index >= 15 is 0 Å². The average Bonchev–Trinajstić information content (AvgIpc) is 2.32. The monoisotopic (exact) mass is 186 g/mol. The van der Waals surface area contributed by atoms with Crippen LogP contribution in [-0.2, 0) is 14.3 Å². The molecule has 1 saturated heterocycles. The van der Waals surface area contributed by atoms with E-state index < -0.39 is 5.79 Å². The molecule has 0 aliphatic carbocycles. The SMILES string of the molecule is CC(=O)OC1(C)OC1CC(C)(C)C. The van der Waals surface area contributed by atoms with Crippen LogP contribution >= 0.6 is 0 Å². The van der Waals surface area contributed by atoms with Crippen LogP contribution in [0.3, 0.4) is 0 Å². The van der Waals surface area contributed by atoms with Gasteiger partial charge in [0, 0.05) is 13.8 Å². The van der Waals surface area contributed by atoms with Crippen molar-refractivity contribution in [2.45, 2.75) is 52.9 Å². The van der Waals surface area contributed by atoms with Crippen molar-refractivity contribution < 1.29 is 14.3 Å². The Morgan fingerprint density at radius 2 is 2.08 bits per heavy atom. The minimum atomic E-state index is -0.654. The third-order valence-electron chi connectivity index (χ3n) is 2.05. The van der Waals surface area contributed by atoms with Gasteiger partial charge < -0.3 is 9.47 Å². The molecule has 0 radical (unpaired) electrons. The summed E-state index contributed by atoms with van der Waals surface area (Å²) >= 11 is 0. The Morgan fingerprint density at radius 3 is 2.46 bits per heavy atom. The van der Waals surface area contributed by atoms with E-state index in [1.807, 2.05) is 6.92 Å². The summed E-state index contributed by atoms with van der Waals surface area (Å²) in [7, 11) is 0. The van der Waals surface area contributed by atoms with Crippen LogP contribution in [0.15, 0.2) is 0 Å².